The molecule has 1 unspecified atom stereocenters. The molecule has 4 heteroatoms. The van der Waals surface area contributed by atoms with E-state index >= 15 is 0 Å². The largest absolute Gasteiger partial charge is 0.351 e. The van der Waals surface area contributed by atoms with Gasteiger partial charge in [0.15, 0.2) is 0 Å². The average molecular weight is 249 g/mol. The number of aromatic nitrogens is 1. The third kappa shape index (κ3) is 2.93. The molecule has 18 heavy (non-hydrogen) atoms. The fourth-order valence-corrected chi connectivity index (χ4v) is 2.47. The predicted molar refractivity (Wildman–Crippen MR) is 72.2 cm³/mol. The number of aryl methyl sites for hydroxylation is 1. The SMILES string of the molecule is CCn1cccc1CNC(C)C(=O)N1CCCC1. The van der Waals surface area contributed by atoms with Gasteiger partial charge in [0, 0.05) is 38.1 Å². The Morgan fingerprint density at radius 3 is 2.83 bits per heavy atom. The van der Waals surface area contributed by atoms with Crippen LogP contribution in [0.5, 0.6) is 0 Å². The van der Waals surface area contributed by atoms with Gasteiger partial charge in [-0.15, -0.1) is 0 Å². The summed E-state index contributed by atoms with van der Waals surface area (Å²) < 4.78 is 2.19. The Morgan fingerprint density at radius 1 is 1.44 bits per heavy atom. The molecule has 2 rings (SSSR count). The number of carbonyl (C=O) groups excluding carboxylic acids is 1. The molecule has 1 atom stereocenters. The van der Waals surface area contributed by atoms with Crippen LogP contribution in [0.3, 0.4) is 0 Å². The first-order chi connectivity index (χ1) is 8.72. The zero-order valence-corrected chi connectivity index (χ0v) is 11.4. The molecule has 1 amide bonds. The van der Waals surface area contributed by atoms with Crippen molar-refractivity contribution in [2.45, 2.75) is 45.8 Å². The number of carbonyl (C=O) groups is 1. The number of rotatable bonds is 5. The predicted octanol–water partition coefficient (Wildman–Crippen LogP) is 1.61. The number of hydrogen-bond donors (Lipinski definition) is 1. The van der Waals surface area contributed by atoms with Gasteiger partial charge in [-0.2, -0.15) is 0 Å². The lowest BCUT2D eigenvalue weighted by atomic mass is 10.2. The Morgan fingerprint density at radius 2 is 2.17 bits per heavy atom. The van der Waals surface area contributed by atoms with Gasteiger partial charge in [0.1, 0.15) is 0 Å². The molecule has 0 aliphatic carbocycles. The van der Waals surface area contributed by atoms with E-state index in [1.165, 1.54) is 5.69 Å². The van der Waals surface area contributed by atoms with E-state index in [4.69, 9.17) is 0 Å². The van der Waals surface area contributed by atoms with Crippen LogP contribution in [0.4, 0.5) is 0 Å². The minimum absolute atomic E-state index is 0.0942. The van der Waals surface area contributed by atoms with Crippen LogP contribution in [-0.4, -0.2) is 34.5 Å². The Bertz CT molecular complexity index is 393. The van der Waals surface area contributed by atoms with Crippen LogP contribution < -0.4 is 5.32 Å². The summed E-state index contributed by atoms with van der Waals surface area (Å²) in [6.45, 7) is 7.66. The molecule has 1 fully saturated rings. The minimum atomic E-state index is -0.0942. The first-order valence-electron chi connectivity index (χ1n) is 6.88. The summed E-state index contributed by atoms with van der Waals surface area (Å²) in [5.74, 6) is 0.238. The quantitative estimate of drug-likeness (QED) is 0.861. The van der Waals surface area contributed by atoms with E-state index in [1.54, 1.807) is 0 Å². The van der Waals surface area contributed by atoms with Crippen molar-refractivity contribution in [3.05, 3.63) is 24.0 Å². The van der Waals surface area contributed by atoms with Gasteiger partial charge in [-0.1, -0.05) is 0 Å². The van der Waals surface area contributed by atoms with E-state index < -0.39 is 0 Å². The van der Waals surface area contributed by atoms with Crippen LogP contribution in [0.2, 0.25) is 0 Å². The summed E-state index contributed by atoms with van der Waals surface area (Å²) in [5.41, 5.74) is 1.23. The molecular formula is C14H23N3O. The molecule has 1 saturated heterocycles. The van der Waals surface area contributed by atoms with Gasteiger partial charge in [0.25, 0.3) is 0 Å². The second kappa shape index (κ2) is 6.05. The van der Waals surface area contributed by atoms with Gasteiger partial charge in [-0.3, -0.25) is 4.79 Å². The smallest absolute Gasteiger partial charge is 0.239 e. The molecule has 0 bridgehead atoms. The highest BCUT2D eigenvalue weighted by Crippen LogP contribution is 2.09. The van der Waals surface area contributed by atoms with Crippen molar-refractivity contribution in [2.24, 2.45) is 0 Å². The van der Waals surface area contributed by atoms with Crippen molar-refractivity contribution in [2.75, 3.05) is 13.1 Å². The fraction of sp³-hybridized carbons (Fsp3) is 0.643. The van der Waals surface area contributed by atoms with Crippen LogP contribution >= 0.6 is 0 Å². The molecule has 1 aromatic heterocycles. The normalized spacial score (nSPS) is 17.1. The molecular weight excluding hydrogens is 226 g/mol. The Kier molecular flexibility index (Phi) is 4.42. The first-order valence-corrected chi connectivity index (χ1v) is 6.88. The maximum Gasteiger partial charge on any atom is 0.239 e. The number of amides is 1. The highest BCUT2D eigenvalue weighted by atomic mass is 16.2. The van der Waals surface area contributed by atoms with Crippen molar-refractivity contribution in [3.63, 3.8) is 0 Å². The Hall–Kier alpha value is -1.29. The van der Waals surface area contributed by atoms with Gasteiger partial charge in [0.05, 0.1) is 6.04 Å². The van der Waals surface area contributed by atoms with Gasteiger partial charge in [-0.05, 0) is 38.8 Å². The van der Waals surface area contributed by atoms with Gasteiger partial charge in [0.2, 0.25) is 5.91 Å². The molecule has 0 spiro atoms. The highest BCUT2D eigenvalue weighted by molar-refractivity contribution is 5.81. The number of nitrogens with zero attached hydrogens (tertiary/aromatic N) is 2. The molecule has 0 radical (unpaired) electrons. The van der Waals surface area contributed by atoms with E-state index in [2.05, 4.69) is 29.1 Å². The maximum atomic E-state index is 12.1. The van der Waals surface area contributed by atoms with E-state index in [9.17, 15) is 4.79 Å². The van der Waals surface area contributed by atoms with E-state index in [-0.39, 0.29) is 11.9 Å². The molecule has 2 heterocycles. The Labute approximate surface area is 109 Å². The van der Waals surface area contributed by atoms with Crippen LogP contribution in [0.15, 0.2) is 18.3 Å². The fourth-order valence-electron chi connectivity index (χ4n) is 2.47. The third-order valence-corrected chi connectivity index (χ3v) is 3.64. The lowest BCUT2D eigenvalue weighted by Crippen LogP contribution is -2.43. The van der Waals surface area contributed by atoms with Crippen molar-refractivity contribution in [1.29, 1.82) is 0 Å². The summed E-state index contributed by atoms with van der Waals surface area (Å²) in [6.07, 6.45) is 4.37. The van der Waals surface area contributed by atoms with Gasteiger partial charge in [-0.25, -0.2) is 0 Å². The van der Waals surface area contributed by atoms with Crippen LogP contribution in [0.25, 0.3) is 0 Å². The molecule has 0 aromatic carbocycles. The lowest BCUT2D eigenvalue weighted by molar-refractivity contribution is -0.132. The average Bonchev–Trinajstić information content (AvgIpc) is 3.05. The summed E-state index contributed by atoms with van der Waals surface area (Å²) in [6, 6.07) is 4.06. The molecule has 1 N–H and O–H groups in total. The monoisotopic (exact) mass is 249 g/mol. The molecule has 1 aliphatic rings. The minimum Gasteiger partial charge on any atom is -0.351 e. The standard InChI is InChI=1S/C14H23N3O/c1-3-16-10-6-7-13(16)11-15-12(2)14(18)17-8-4-5-9-17/h6-7,10,12,15H,3-5,8-9,11H2,1-2H3. The second-order valence-electron chi connectivity index (χ2n) is 4.92. The molecule has 0 saturated carbocycles. The van der Waals surface area contributed by atoms with Crippen molar-refractivity contribution in [3.8, 4) is 0 Å². The summed E-state index contributed by atoms with van der Waals surface area (Å²) in [5, 5.41) is 3.32. The molecule has 1 aromatic rings. The van der Waals surface area contributed by atoms with Crippen molar-refractivity contribution < 1.29 is 4.79 Å². The molecule has 4 nitrogen and oxygen atoms in total. The first kappa shape index (κ1) is 13.1. The summed E-state index contributed by atoms with van der Waals surface area (Å²) in [4.78, 5) is 14.1. The third-order valence-electron chi connectivity index (χ3n) is 3.64. The van der Waals surface area contributed by atoms with E-state index in [0.29, 0.717) is 0 Å². The summed E-state index contributed by atoms with van der Waals surface area (Å²) >= 11 is 0. The number of hydrogen-bond acceptors (Lipinski definition) is 2. The topological polar surface area (TPSA) is 37.3 Å². The number of likely N-dealkylation sites (tertiary alicyclic amines) is 1. The summed E-state index contributed by atoms with van der Waals surface area (Å²) in [7, 11) is 0. The maximum absolute atomic E-state index is 12.1. The Balaban J connectivity index is 1.84. The van der Waals surface area contributed by atoms with Crippen LogP contribution in [0.1, 0.15) is 32.4 Å². The zero-order chi connectivity index (χ0) is 13.0. The molecule has 100 valence electrons. The lowest BCUT2D eigenvalue weighted by Gasteiger charge is -2.21. The highest BCUT2D eigenvalue weighted by Gasteiger charge is 2.22. The zero-order valence-electron chi connectivity index (χ0n) is 11.4. The van der Waals surface area contributed by atoms with Gasteiger partial charge < -0.3 is 14.8 Å². The van der Waals surface area contributed by atoms with Crippen molar-refractivity contribution >= 4 is 5.91 Å². The second-order valence-corrected chi connectivity index (χ2v) is 4.92. The van der Waals surface area contributed by atoms with Crippen LogP contribution in [0, 0.1) is 0 Å². The van der Waals surface area contributed by atoms with Crippen molar-refractivity contribution in [1.82, 2.24) is 14.8 Å². The van der Waals surface area contributed by atoms with E-state index in [0.717, 1.165) is 39.0 Å². The van der Waals surface area contributed by atoms with E-state index in [1.807, 2.05) is 17.9 Å². The number of nitrogens with one attached hydrogen (secondary N) is 1. The van der Waals surface area contributed by atoms with Crippen LogP contribution in [-0.2, 0) is 17.9 Å². The van der Waals surface area contributed by atoms with Gasteiger partial charge >= 0.3 is 0 Å². The molecule has 1 aliphatic heterocycles.